The largest absolute Gasteiger partial charge is 0.449 e. The third kappa shape index (κ3) is 5.77. The third-order valence-corrected chi connectivity index (χ3v) is 7.37. The summed E-state index contributed by atoms with van der Waals surface area (Å²) in [5.74, 6) is -1.38. The fraction of sp³-hybridized carbons (Fsp3) is 0.333. The Morgan fingerprint density at radius 2 is 1.74 bits per heavy atom. The number of esters is 1. The van der Waals surface area contributed by atoms with Gasteiger partial charge in [0.2, 0.25) is 10.0 Å². The topological polar surface area (TPSA) is 92.8 Å². The Kier molecular flexibility index (Phi) is 7.59. The zero-order valence-corrected chi connectivity index (χ0v) is 19.1. The van der Waals surface area contributed by atoms with Crippen molar-refractivity contribution in [2.45, 2.75) is 37.3 Å². The number of halogens is 2. The first-order chi connectivity index (χ1) is 14.7. The molecule has 0 aromatic heterocycles. The first kappa shape index (κ1) is 23.5. The minimum absolute atomic E-state index is 0.0365. The lowest BCUT2D eigenvalue weighted by Crippen LogP contribution is -2.35. The molecule has 2 aromatic carbocycles. The van der Waals surface area contributed by atoms with Crippen LogP contribution in [0.1, 0.15) is 35.7 Å². The Bertz CT molecular complexity index is 1070. The van der Waals surface area contributed by atoms with Gasteiger partial charge in [-0.3, -0.25) is 4.79 Å². The van der Waals surface area contributed by atoms with Crippen LogP contribution in [0.25, 0.3) is 0 Å². The van der Waals surface area contributed by atoms with Crippen LogP contribution in [-0.4, -0.2) is 43.8 Å². The van der Waals surface area contributed by atoms with Crippen molar-refractivity contribution < 1.29 is 22.7 Å². The normalized spacial score (nSPS) is 15.5. The highest BCUT2D eigenvalue weighted by molar-refractivity contribution is 7.89. The molecule has 1 amide bonds. The van der Waals surface area contributed by atoms with Gasteiger partial charge in [0.05, 0.1) is 15.5 Å². The van der Waals surface area contributed by atoms with Crippen molar-refractivity contribution in [3.63, 3.8) is 0 Å². The molecule has 7 nitrogen and oxygen atoms in total. The number of carbonyl (C=O) groups is 2. The molecule has 1 saturated heterocycles. The van der Waals surface area contributed by atoms with Crippen molar-refractivity contribution in [2.75, 3.05) is 13.1 Å². The van der Waals surface area contributed by atoms with E-state index >= 15 is 0 Å². The molecule has 0 radical (unpaired) electrons. The third-order valence-electron chi connectivity index (χ3n) is 4.89. The lowest BCUT2D eigenvalue weighted by atomic mass is 10.2. The average molecular weight is 485 g/mol. The van der Waals surface area contributed by atoms with E-state index in [4.69, 9.17) is 27.9 Å². The van der Waals surface area contributed by atoms with Gasteiger partial charge in [-0.25, -0.2) is 13.2 Å². The van der Waals surface area contributed by atoms with Crippen LogP contribution in [0.4, 0.5) is 0 Å². The minimum atomic E-state index is -3.72. The first-order valence-electron chi connectivity index (χ1n) is 9.71. The molecule has 0 bridgehead atoms. The molecular formula is C21H22Cl2N2O5S. The van der Waals surface area contributed by atoms with Gasteiger partial charge in [0, 0.05) is 24.7 Å². The van der Waals surface area contributed by atoms with Gasteiger partial charge in [0.15, 0.2) is 6.10 Å². The number of nitrogens with one attached hydrogen (secondary N) is 1. The zero-order valence-electron chi connectivity index (χ0n) is 16.8. The number of rotatable bonds is 7. The maximum atomic E-state index is 12.8. The number of benzene rings is 2. The lowest BCUT2D eigenvalue weighted by Gasteiger charge is -2.17. The Labute approximate surface area is 191 Å². The molecule has 31 heavy (non-hydrogen) atoms. The van der Waals surface area contributed by atoms with Crippen LogP contribution in [0.3, 0.4) is 0 Å². The van der Waals surface area contributed by atoms with Crippen molar-refractivity contribution in [2.24, 2.45) is 0 Å². The second-order valence-corrected chi connectivity index (χ2v) is 9.93. The second kappa shape index (κ2) is 9.99. The number of carbonyl (C=O) groups excluding carboxylic acids is 2. The van der Waals surface area contributed by atoms with Crippen LogP contribution in [-0.2, 0) is 26.1 Å². The molecule has 1 fully saturated rings. The predicted octanol–water partition coefficient (Wildman–Crippen LogP) is 3.64. The second-order valence-electron chi connectivity index (χ2n) is 7.14. The van der Waals surface area contributed by atoms with Gasteiger partial charge in [-0.1, -0.05) is 35.3 Å². The fourth-order valence-electron chi connectivity index (χ4n) is 3.11. The van der Waals surface area contributed by atoms with Gasteiger partial charge in [-0.05, 0) is 55.7 Å². The van der Waals surface area contributed by atoms with Gasteiger partial charge in [-0.15, -0.1) is 0 Å². The molecule has 1 atom stereocenters. The van der Waals surface area contributed by atoms with E-state index in [9.17, 15) is 18.0 Å². The molecule has 2 aromatic rings. The quantitative estimate of drug-likeness (QED) is 0.605. The van der Waals surface area contributed by atoms with Crippen LogP contribution in [0, 0.1) is 0 Å². The standard InChI is InChI=1S/C21H22Cl2N2O5S/c1-14(20(26)24-13-15-4-6-16(22)7-5-15)30-21(27)18-12-17(8-9-19(18)23)31(28,29)25-10-2-3-11-25/h4-9,12,14H,2-3,10-11,13H2,1H3,(H,24,26). The van der Waals surface area contributed by atoms with Crippen molar-refractivity contribution in [3.05, 3.63) is 63.6 Å². The summed E-state index contributed by atoms with van der Waals surface area (Å²) in [5, 5.41) is 3.29. The molecule has 166 valence electrons. The van der Waals surface area contributed by atoms with E-state index in [2.05, 4.69) is 5.32 Å². The highest BCUT2D eigenvalue weighted by Crippen LogP contribution is 2.26. The van der Waals surface area contributed by atoms with Crippen molar-refractivity contribution in [1.82, 2.24) is 9.62 Å². The van der Waals surface area contributed by atoms with Gasteiger partial charge in [0.25, 0.3) is 5.91 Å². The predicted molar refractivity (Wildman–Crippen MR) is 118 cm³/mol. The summed E-state index contributed by atoms with van der Waals surface area (Å²) in [5.41, 5.74) is 0.721. The first-order valence-corrected chi connectivity index (χ1v) is 11.9. The van der Waals surface area contributed by atoms with E-state index in [0.717, 1.165) is 18.4 Å². The van der Waals surface area contributed by atoms with E-state index in [-0.39, 0.29) is 22.0 Å². The Hall–Kier alpha value is -2.13. The highest BCUT2D eigenvalue weighted by atomic mass is 35.5. The zero-order chi connectivity index (χ0) is 22.6. The van der Waals surface area contributed by atoms with E-state index in [0.29, 0.717) is 18.1 Å². The summed E-state index contributed by atoms with van der Waals surface area (Å²) >= 11 is 11.9. The van der Waals surface area contributed by atoms with E-state index in [1.807, 2.05) is 0 Å². The summed E-state index contributed by atoms with van der Waals surface area (Å²) in [6.07, 6.45) is 0.490. The molecule has 1 heterocycles. The molecule has 1 N–H and O–H groups in total. The molecular weight excluding hydrogens is 463 g/mol. The van der Waals surface area contributed by atoms with Crippen molar-refractivity contribution in [1.29, 1.82) is 0 Å². The lowest BCUT2D eigenvalue weighted by molar-refractivity contribution is -0.129. The summed E-state index contributed by atoms with van der Waals surface area (Å²) in [7, 11) is -3.72. The van der Waals surface area contributed by atoms with Crippen molar-refractivity contribution in [3.8, 4) is 0 Å². The van der Waals surface area contributed by atoms with E-state index in [1.165, 1.54) is 29.4 Å². The Balaban J connectivity index is 1.66. The number of sulfonamides is 1. The Morgan fingerprint density at radius 1 is 1.10 bits per heavy atom. The maximum absolute atomic E-state index is 12.8. The monoisotopic (exact) mass is 484 g/mol. The van der Waals surface area contributed by atoms with Crippen LogP contribution >= 0.6 is 23.2 Å². The molecule has 0 saturated carbocycles. The summed E-state index contributed by atoms with van der Waals surface area (Å²) < 4.78 is 32.1. The smallest absolute Gasteiger partial charge is 0.340 e. The van der Waals surface area contributed by atoms with Gasteiger partial charge < -0.3 is 10.1 Å². The summed E-state index contributed by atoms with van der Waals surface area (Å²) in [6, 6.07) is 10.8. The Morgan fingerprint density at radius 3 is 2.39 bits per heavy atom. The average Bonchev–Trinajstić information content (AvgIpc) is 3.29. The molecule has 1 aliphatic heterocycles. The molecule has 0 aliphatic carbocycles. The number of ether oxygens (including phenoxy) is 1. The molecule has 10 heteroatoms. The molecule has 1 unspecified atom stereocenters. The number of hydrogen-bond acceptors (Lipinski definition) is 5. The number of amides is 1. The SMILES string of the molecule is CC(OC(=O)c1cc(S(=O)(=O)N2CCCC2)ccc1Cl)C(=O)NCc1ccc(Cl)cc1. The van der Waals surface area contributed by atoms with E-state index < -0.39 is 28.0 Å². The van der Waals surface area contributed by atoms with Crippen LogP contribution in [0.2, 0.25) is 10.0 Å². The van der Waals surface area contributed by atoms with Crippen LogP contribution < -0.4 is 5.32 Å². The van der Waals surface area contributed by atoms with Gasteiger partial charge >= 0.3 is 5.97 Å². The van der Waals surface area contributed by atoms with Crippen LogP contribution in [0.15, 0.2) is 47.4 Å². The van der Waals surface area contributed by atoms with Gasteiger partial charge in [0.1, 0.15) is 0 Å². The molecule has 0 spiro atoms. The minimum Gasteiger partial charge on any atom is -0.449 e. The van der Waals surface area contributed by atoms with Gasteiger partial charge in [-0.2, -0.15) is 4.31 Å². The van der Waals surface area contributed by atoms with Crippen LogP contribution in [0.5, 0.6) is 0 Å². The van der Waals surface area contributed by atoms with E-state index in [1.54, 1.807) is 24.3 Å². The maximum Gasteiger partial charge on any atom is 0.340 e. The summed E-state index contributed by atoms with van der Waals surface area (Å²) in [6.45, 7) is 2.54. The highest BCUT2D eigenvalue weighted by Gasteiger charge is 2.29. The number of nitrogens with zero attached hydrogens (tertiary/aromatic N) is 1. The molecule has 3 rings (SSSR count). The number of hydrogen-bond donors (Lipinski definition) is 1. The fourth-order valence-corrected chi connectivity index (χ4v) is 4.98. The summed E-state index contributed by atoms with van der Waals surface area (Å²) in [4.78, 5) is 24.8. The van der Waals surface area contributed by atoms with Crippen molar-refractivity contribution >= 4 is 45.1 Å². The molecule has 1 aliphatic rings.